The highest BCUT2D eigenvalue weighted by atomic mass is 127. The number of ether oxygens (including phenoxy) is 2. The van der Waals surface area contributed by atoms with Gasteiger partial charge in [0.2, 0.25) is 0 Å². The molecule has 138 valence electrons. The van der Waals surface area contributed by atoms with E-state index in [2.05, 4.69) is 31.6 Å². The van der Waals surface area contributed by atoms with E-state index in [1.807, 2.05) is 37.3 Å². The Morgan fingerprint density at radius 2 is 2.04 bits per heavy atom. The van der Waals surface area contributed by atoms with Crippen LogP contribution in [0.4, 0.5) is 5.69 Å². The van der Waals surface area contributed by atoms with Gasteiger partial charge in [0.25, 0.3) is 0 Å². The van der Waals surface area contributed by atoms with Crippen molar-refractivity contribution in [3.8, 4) is 11.5 Å². The van der Waals surface area contributed by atoms with Gasteiger partial charge in [0.15, 0.2) is 22.1 Å². The normalized spacial score (nSPS) is 10.8. The summed E-state index contributed by atoms with van der Waals surface area (Å²) in [6, 6.07) is 9.49. The molecule has 0 aliphatic heterocycles. The average Bonchev–Trinajstić information content (AvgIpc) is 3.00. The fourth-order valence-electron chi connectivity index (χ4n) is 2.13. The molecule has 0 aliphatic carbocycles. The molecular weight excluding hydrogens is 501 g/mol. The zero-order valence-electron chi connectivity index (χ0n) is 14.5. The van der Waals surface area contributed by atoms with Crippen molar-refractivity contribution >= 4 is 51.6 Å². The van der Waals surface area contributed by atoms with Crippen LogP contribution in [0, 0.1) is 0 Å². The van der Waals surface area contributed by atoms with Crippen LogP contribution in [-0.2, 0) is 6.42 Å². The Labute approximate surface area is 173 Å². The maximum Gasteiger partial charge on any atom is 0.195 e. The van der Waals surface area contributed by atoms with Gasteiger partial charge < -0.3 is 24.5 Å². The first-order valence-corrected chi connectivity index (χ1v) is 8.48. The number of benzene rings is 1. The van der Waals surface area contributed by atoms with Gasteiger partial charge in [0, 0.05) is 31.8 Å². The van der Waals surface area contributed by atoms with Gasteiger partial charge in [-0.3, -0.25) is 4.99 Å². The molecule has 1 aromatic carbocycles. The van der Waals surface area contributed by atoms with Crippen molar-refractivity contribution in [1.29, 1.82) is 0 Å². The Kier molecular flexibility index (Phi) is 9.73. The van der Waals surface area contributed by atoms with Crippen LogP contribution in [0.5, 0.6) is 11.5 Å². The predicted octanol–water partition coefficient (Wildman–Crippen LogP) is 4.30. The third-order valence-electron chi connectivity index (χ3n) is 3.24. The first kappa shape index (κ1) is 21.6. The molecule has 1 aromatic heterocycles. The van der Waals surface area contributed by atoms with Crippen molar-refractivity contribution in [3.63, 3.8) is 0 Å². The van der Waals surface area contributed by atoms with Crippen LogP contribution in [0.3, 0.4) is 0 Å². The molecule has 0 atom stereocenters. The fraction of sp³-hybridized carbons (Fsp3) is 0.353. The van der Waals surface area contributed by atoms with Crippen molar-refractivity contribution in [2.45, 2.75) is 13.3 Å². The third kappa shape index (κ3) is 6.77. The topological polar surface area (TPSA) is 68.0 Å². The lowest BCUT2D eigenvalue weighted by Gasteiger charge is -2.14. The molecule has 1 heterocycles. The zero-order valence-corrected chi connectivity index (χ0v) is 18.4. The number of halogens is 2. The highest BCUT2D eigenvalue weighted by Crippen LogP contribution is 2.30. The minimum Gasteiger partial charge on any atom is -0.493 e. The first-order valence-electron chi connectivity index (χ1n) is 7.69. The monoisotopic (exact) mass is 523 g/mol. The van der Waals surface area contributed by atoms with Crippen LogP contribution >= 0.6 is 39.9 Å². The summed E-state index contributed by atoms with van der Waals surface area (Å²) in [5.41, 5.74) is 0.869. The summed E-state index contributed by atoms with van der Waals surface area (Å²) in [5.74, 6) is 2.98. The number of hydrogen-bond acceptors (Lipinski definition) is 4. The number of aliphatic imine (C=N–C) groups is 1. The number of hydrogen-bond donors (Lipinski definition) is 2. The molecule has 6 nitrogen and oxygen atoms in total. The fourth-order valence-corrected chi connectivity index (χ4v) is 2.47. The van der Waals surface area contributed by atoms with E-state index in [-0.39, 0.29) is 24.0 Å². The molecule has 0 bridgehead atoms. The molecule has 2 aromatic rings. The molecule has 8 heteroatoms. The van der Waals surface area contributed by atoms with Gasteiger partial charge in [-0.05, 0) is 47.1 Å². The molecule has 0 fully saturated rings. The van der Waals surface area contributed by atoms with Crippen LogP contribution < -0.4 is 20.1 Å². The molecular formula is C17H23BrIN3O3. The van der Waals surface area contributed by atoms with Gasteiger partial charge in [-0.2, -0.15) is 0 Å². The molecule has 25 heavy (non-hydrogen) atoms. The smallest absolute Gasteiger partial charge is 0.195 e. The minimum absolute atomic E-state index is 0. The van der Waals surface area contributed by atoms with Crippen LogP contribution in [0.15, 0.2) is 44.4 Å². The molecule has 0 aliphatic rings. The second-order valence-corrected chi connectivity index (χ2v) is 5.66. The molecule has 0 saturated heterocycles. The summed E-state index contributed by atoms with van der Waals surface area (Å²) in [4.78, 5) is 4.22. The maximum absolute atomic E-state index is 5.58. The van der Waals surface area contributed by atoms with Crippen LogP contribution in [0.2, 0.25) is 0 Å². The summed E-state index contributed by atoms with van der Waals surface area (Å²) >= 11 is 3.30. The largest absolute Gasteiger partial charge is 0.493 e. The van der Waals surface area contributed by atoms with Crippen LogP contribution in [0.25, 0.3) is 0 Å². The Morgan fingerprint density at radius 1 is 1.24 bits per heavy atom. The number of anilines is 1. The number of furan rings is 1. The van der Waals surface area contributed by atoms with Gasteiger partial charge in [0.1, 0.15) is 5.76 Å². The molecule has 0 spiro atoms. The van der Waals surface area contributed by atoms with E-state index in [4.69, 9.17) is 13.9 Å². The Morgan fingerprint density at radius 3 is 2.64 bits per heavy atom. The molecule has 0 amide bonds. The number of guanidine groups is 1. The van der Waals surface area contributed by atoms with Crippen LogP contribution in [0.1, 0.15) is 12.7 Å². The molecule has 2 N–H and O–H groups in total. The van der Waals surface area contributed by atoms with Crippen molar-refractivity contribution in [2.24, 2.45) is 4.99 Å². The molecule has 0 radical (unpaired) electrons. The quantitative estimate of drug-likeness (QED) is 0.322. The van der Waals surface area contributed by atoms with Crippen molar-refractivity contribution < 1.29 is 13.9 Å². The summed E-state index contributed by atoms with van der Waals surface area (Å²) in [6.07, 6.45) is 0.763. The lowest BCUT2D eigenvalue weighted by molar-refractivity contribution is 0.311. The summed E-state index contributed by atoms with van der Waals surface area (Å²) in [7, 11) is 3.35. The minimum atomic E-state index is 0. The van der Waals surface area contributed by atoms with Crippen molar-refractivity contribution in [2.75, 3.05) is 32.6 Å². The van der Waals surface area contributed by atoms with E-state index in [1.165, 1.54) is 0 Å². The lowest BCUT2D eigenvalue weighted by atomic mass is 10.2. The van der Waals surface area contributed by atoms with Gasteiger partial charge in [-0.1, -0.05) is 0 Å². The van der Waals surface area contributed by atoms with E-state index >= 15 is 0 Å². The third-order valence-corrected chi connectivity index (χ3v) is 3.67. The van der Waals surface area contributed by atoms with Gasteiger partial charge >= 0.3 is 0 Å². The second kappa shape index (κ2) is 11.2. The number of nitrogens with one attached hydrogen (secondary N) is 2. The van der Waals surface area contributed by atoms with Gasteiger partial charge in [0.05, 0.1) is 13.7 Å². The standard InChI is InChI=1S/C17H22BrN3O3.HI/c1-4-23-15-11-12(5-7-14(15)22-3)21-17(19-2)20-10-9-13-6-8-16(18)24-13;/h5-8,11H,4,9-10H2,1-3H3,(H2,19,20,21);1H. The molecule has 0 unspecified atom stereocenters. The van der Waals surface area contributed by atoms with Gasteiger partial charge in [-0.15, -0.1) is 24.0 Å². The Bertz CT molecular complexity index is 692. The SMILES string of the molecule is CCOc1cc(NC(=NC)NCCc2ccc(Br)o2)ccc1OC.I. The van der Waals surface area contributed by atoms with E-state index in [1.54, 1.807) is 14.2 Å². The Balaban J connectivity index is 0.00000312. The highest BCUT2D eigenvalue weighted by molar-refractivity contribution is 14.0. The van der Waals surface area contributed by atoms with Crippen molar-refractivity contribution in [3.05, 3.63) is 40.8 Å². The van der Waals surface area contributed by atoms with Crippen molar-refractivity contribution in [1.82, 2.24) is 5.32 Å². The van der Waals surface area contributed by atoms with E-state index in [0.717, 1.165) is 22.5 Å². The second-order valence-electron chi connectivity index (χ2n) is 4.88. The van der Waals surface area contributed by atoms with Gasteiger partial charge in [-0.25, -0.2) is 0 Å². The molecule has 2 rings (SSSR count). The highest BCUT2D eigenvalue weighted by Gasteiger charge is 2.07. The first-order chi connectivity index (χ1) is 11.7. The Hall–Kier alpha value is -1.42. The maximum atomic E-state index is 5.58. The summed E-state index contributed by atoms with van der Waals surface area (Å²) < 4.78 is 17.1. The van der Waals surface area contributed by atoms with Crippen LogP contribution in [-0.4, -0.2) is 33.3 Å². The average molecular weight is 524 g/mol. The summed E-state index contributed by atoms with van der Waals surface area (Å²) in [6.45, 7) is 3.21. The lowest BCUT2D eigenvalue weighted by Crippen LogP contribution is -2.32. The number of nitrogens with zero attached hydrogens (tertiary/aromatic N) is 1. The zero-order chi connectivity index (χ0) is 17.4. The van der Waals surface area contributed by atoms with E-state index in [9.17, 15) is 0 Å². The number of rotatable bonds is 7. The number of methoxy groups -OCH3 is 1. The van der Waals surface area contributed by atoms with E-state index < -0.39 is 0 Å². The summed E-state index contributed by atoms with van der Waals surface area (Å²) in [5, 5.41) is 6.48. The predicted molar refractivity (Wildman–Crippen MR) is 115 cm³/mol. The molecule has 0 saturated carbocycles. The van der Waals surface area contributed by atoms with E-state index in [0.29, 0.717) is 30.6 Å².